The summed E-state index contributed by atoms with van der Waals surface area (Å²) in [7, 11) is 1.77. The molecule has 9 nitrogen and oxygen atoms in total. The van der Waals surface area contributed by atoms with Crippen LogP contribution in [-0.4, -0.2) is 84.2 Å². The van der Waals surface area contributed by atoms with Crippen LogP contribution in [0.3, 0.4) is 0 Å². The Morgan fingerprint density at radius 3 is 2.44 bits per heavy atom. The van der Waals surface area contributed by atoms with E-state index in [4.69, 9.17) is 9.47 Å². The summed E-state index contributed by atoms with van der Waals surface area (Å²) >= 11 is 0. The highest BCUT2D eigenvalue weighted by Gasteiger charge is 2.31. The molecule has 246 valence electrons. The SMILES string of the molecule is C[C@H]1CCCCO[C@@H](CN(C)C(=O)c2ccccc2)[C@@H](C)CN([C@@H](C)CO)C(=O)c2cc(NC(=O)C3CCCCC3)ccc2O1. The highest BCUT2D eigenvalue weighted by molar-refractivity contribution is 6.00. The molecule has 0 spiro atoms. The van der Waals surface area contributed by atoms with E-state index in [1.54, 1.807) is 47.2 Å². The van der Waals surface area contributed by atoms with Crippen LogP contribution in [-0.2, 0) is 9.53 Å². The van der Waals surface area contributed by atoms with Gasteiger partial charge >= 0.3 is 0 Å². The molecule has 2 aliphatic rings. The van der Waals surface area contributed by atoms with Gasteiger partial charge in [-0.3, -0.25) is 14.4 Å². The van der Waals surface area contributed by atoms with Crippen molar-refractivity contribution in [1.29, 1.82) is 0 Å². The van der Waals surface area contributed by atoms with Crippen LogP contribution in [0.2, 0.25) is 0 Å². The van der Waals surface area contributed by atoms with Crippen LogP contribution in [0, 0.1) is 11.8 Å². The van der Waals surface area contributed by atoms with Gasteiger partial charge in [-0.25, -0.2) is 0 Å². The molecule has 1 fully saturated rings. The normalized spacial score (nSPS) is 22.8. The minimum absolute atomic E-state index is 0.0133. The van der Waals surface area contributed by atoms with Gasteiger partial charge in [0.1, 0.15) is 5.75 Å². The van der Waals surface area contributed by atoms with Gasteiger partial charge in [-0.05, 0) is 76.3 Å². The van der Waals surface area contributed by atoms with Gasteiger partial charge in [0, 0.05) is 49.8 Å². The molecule has 1 aliphatic carbocycles. The molecule has 9 heteroatoms. The summed E-state index contributed by atoms with van der Waals surface area (Å²) in [5.41, 5.74) is 1.51. The van der Waals surface area contributed by atoms with Gasteiger partial charge in [0.2, 0.25) is 5.91 Å². The summed E-state index contributed by atoms with van der Waals surface area (Å²) in [5.74, 6) is -0.108. The maximum Gasteiger partial charge on any atom is 0.258 e. The van der Waals surface area contributed by atoms with Gasteiger partial charge in [0.15, 0.2) is 0 Å². The number of carbonyl (C=O) groups excluding carboxylic acids is 3. The Hall–Kier alpha value is -3.43. The highest BCUT2D eigenvalue weighted by Crippen LogP contribution is 2.30. The van der Waals surface area contributed by atoms with Crippen molar-refractivity contribution in [2.24, 2.45) is 11.8 Å². The maximum atomic E-state index is 14.3. The van der Waals surface area contributed by atoms with Gasteiger partial charge in [-0.1, -0.05) is 44.4 Å². The third-order valence-corrected chi connectivity index (χ3v) is 9.12. The number of hydrogen-bond donors (Lipinski definition) is 2. The molecular formula is C36H51N3O6. The summed E-state index contributed by atoms with van der Waals surface area (Å²) in [6, 6.07) is 14.0. The van der Waals surface area contributed by atoms with Crippen LogP contribution in [0.25, 0.3) is 0 Å². The second kappa shape index (κ2) is 16.8. The monoisotopic (exact) mass is 621 g/mol. The fraction of sp³-hybridized carbons (Fsp3) is 0.583. The number of carbonyl (C=O) groups is 3. The van der Waals surface area contributed by atoms with Crippen molar-refractivity contribution in [1.82, 2.24) is 9.80 Å². The predicted molar refractivity (Wildman–Crippen MR) is 175 cm³/mol. The molecule has 0 saturated heterocycles. The van der Waals surface area contributed by atoms with Crippen LogP contribution in [0.4, 0.5) is 5.69 Å². The lowest BCUT2D eigenvalue weighted by atomic mass is 9.88. The molecule has 0 bridgehead atoms. The zero-order valence-corrected chi connectivity index (χ0v) is 27.4. The van der Waals surface area contributed by atoms with Gasteiger partial charge < -0.3 is 29.7 Å². The van der Waals surface area contributed by atoms with Crippen LogP contribution < -0.4 is 10.1 Å². The molecular weight excluding hydrogens is 570 g/mol. The predicted octanol–water partition coefficient (Wildman–Crippen LogP) is 5.77. The number of hydrogen-bond acceptors (Lipinski definition) is 6. The third-order valence-electron chi connectivity index (χ3n) is 9.12. The number of benzene rings is 2. The Kier molecular flexibility index (Phi) is 12.8. The summed E-state index contributed by atoms with van der Waals surface area (Å²) in [6.07, 6.45) is 7.05. The van der Waals surface area contributed by atoms with E-state index in [2.05, 4.69) is 5.32 Å². The standard InChI is InChI=1S/C36H51N3O6/c1-25-22-39(26(2)24-40)36(43)31-21-30(37-34(41)28-14-7-5-8-15-28)18-19-32(31)45-27(3)13-11-12-20-44-33(25)23-38(4)35(42)29-16-9-6-10-17-29/h6,9-10,16-19,21,25-28,33,40H,5,7-8,11-15,20,22-24H2,1-4H3,(H,37,41)/t25-,26-,27-,33-/m0/s1. The number of nitrogens with zero attached hydrogens (tertiary/aromatic N) is 2. The first-order chi connectivity index (χ1) is 21.7. The lowest BCUT2D eigenvalue weighted by Gasteiger charge is -2.36. The number of fused-ring (bicyclic) bond motifs is 1. The van der Waals surface area contributed by atoms with E-state index in [0.717, 1.165) is 51.4 Å². The van der Waals surface area contributed by atoms with Gasteiger partial charge in [-0.2, -0.15) is 0 Å². The molecule has 0 aromatic heterocycles. The number of aliphatic hydroxyl groups is 1. The first-order valence-electron chi connectivity index (χ1n) is 16.6. The smallest absolute Gasteiger partial charge is 0.258 e. The van der Waals surface area contributed by atoms with Crippen LogP contribution in [0.5, 0.6) is 5.75 Å². The summed E-state index contributed by atoms with van der Waals surface area (Å²) in [4.78, 5) is 43.9. The molecule has 1 heterocycles. The molecule has 0 unspecified atom stereocenters. The molecule has 4 atom stereocenters. The second-order valence-corrected chi connectivity index (χ2v) is 12.9. The number of ether oxygens (including phenoxy) is 2. The molecule has 45 heavy (non-hydrogen) atoms. The van der Waals surface area contributed by atoms with Gasteiger partial charge in [0.25, 0.3) is 11.8 Å². The van der Waals surface area contributed by atoms with E-state index in [0.29, 0.717) is 42.3 Å². The van der Waals surface area contributed by atoms with E-state index in [9.17, 15) is 19.5 Å². The van der Waals surface area contributed by atoms with Crippen molar-refractivity contribution >= 4 is 23.4 Å². The quantitative estimate of drug-likeness (QED) is 0.406. The van der Waals surface area contributed by atoms with E-state index < -0.39 is 6.04 Å². The minimum Gasteiger partial charge on any atom is -0.490 e. The van der Waals surface area contributed by atoms with Crippen molar-refractivity contribution < 1.29 is 29.0 Å². The van der Waals surface area contributed by atoms with E-state index in [1.165, 1.54) is 0 Å². The van der Waals surface area contributed by atoms with Crippen LogP contribution >= 0.6 is 0 Å². The van der Waals surface area contributed by atoms with Crippen LogP contribution in [0.1, 0.15) is 92.9 Å². The number of likely N-dealkylation sites (N-methyl/N-ethyl adjacent to an activating group) is 1. The van der Waals surface area contributed by atoms with Gasteiger partial charge in [0.05, 0.1) is 30.4 Å². The average molecular weight is 622 g/mol. The first kappa shape index (κ1) is 34.4. The summed E-state index contributed by atoms with van der Waals surface area (Å²) in [6.45, 7) is 6.78. The molecule has 3 amide bonds. The Labute approximate surface area is 268 Å². The Morgan fingerprint density at radius 2 is 1.73 bits per heavy atom. The lowest BCUT2D eigenvalue weighted by molar-refractivity contribution is -0.120. The molecule has 2 aromatic carbocycles. The summed E-state index contributed by atoms with van der Waals surface area (Å²) in [5, 5.41) is 13.3. The Bertz CT molecular complexity index is 1260. The highest BCUT2D eigenvalue weighted by atomic mass is 16.5. The zero-order valence-electron chi connectivity index (χ0n) is 27.4. The fourth-order valence-corrected chi connectivity index (χ4v) is 6.23. The summed E-state index contributed by atoms with van der Waals surface area (Å²) < 4.78 is 12.7. The average Bonchev–Trinajstić information content (AvgIpc) is 3.06. The number of anilines is 1. The fourth-order valence-electron chi connectivity index (χ4n) is 6.23. The molecule has 2 N–H and O–H groups in total. The molecule has 0 radical (unpaired) electrons. The number of amides is 3. The minimum atomic E-state index is -0.483. The Morgan fingerprint density at radius 1 is 1.02 bits per heavy atom. The molecule has 1 saturated carbocycles. The third kappa shape index (κ3) is 9.53. The zero-order chi connectivity index (χ0) is 32.3. The molecule has 1 aliphatic heterocycles. The van der Waals surface area contributed by atoms with Crippen molar-refractivity contribution in [3.8, 4) is 5.75 Å². The number of rotatable bonds is 7. The molecule has 4 rings (SSSR count). The van der Waals surface area contributed by atoms with E-state index >= 15 is 0 Å². The van der Waals surface area contributed by atoms with Crippen LogP contribution in [0.15, 0.2) is 48.5 Å². The maximum absolute atomic E-state index is 14.3. The van der Waals surface area contributed by atoms with Crippen molar-refractivity contribution in [3.05, 3.63) is 59.7 Å². The number of nitrogens with one attached hydrogen (secondary N) is 1. The Balaban J connectivity index is 1.61. The molecule has 2 aromatic rings. The second-order valence-electron chi connectivity index (χ2n) is 12.9. The number of aliphatic hydroxyl groups excluding tert-OH is 1. The van der Waals surface area contributed by atoms with Crippen molar-refractivity contribution in [2.45, 2.75) is 90.4 Å². The topological polar surface area (TPSA) is 108 Å². The van der Waals surface area contributed by atoms with Gasteiger partial charge in [-0.15, -0.1) is 0 Å². The first-order valence-corrected chi connectivity index (χ1v) is 16.6. The van der Waals surface area contributed by atoms with Crippen molar-refractivity contribution in [2.75, 3.05) is 38.7 Å². The lowest BCUT2D eigenvalue weighted by Crippen LogP contribution is -2.48. The van der Waals surface area contributed by atoms with Crippen molar-refractivity contribution in [3.63, 3.8) is 0 Å². The largest absolute Gasteiger partial charge is 0.490 e. The van der Waals surface area contributed by atoms with E-state index in [-0.39, 0.29) is 48.4 Å². The van der Waals surface area contributed by atoms with E-state index in [1.807, 2.05) is 39.0 Å².